The molecule has 0 N–H and O–H groups in total. The summed E-state index contributed by atoms with van der Waals surface area (Å²) in [5.74, 6) is 5.19. The highest BCUT2D eigenvalue weighted by Crippen LogP contribution is 2.28. The third kappa shape index (κ3) is 32.3. The third-order valence-corrected chi connectivity index (χ3v) is 16.7. The van der Waals surface area contributed by atoms with Crippen molar-refractivity contribution in [1.29, 1.82) is 0 Å². The Labute approximate surface area is 485 Å². The van der Waals surface area contributed by atoms with Crippen LogP contribution >= 0.6 is 0 Å². The third-order valence-electron chi connectivity index (χ3n) is 16.7. The Morgan fingerprint density at radius 2 is 0.671 bits per heavy atom. The van der Waals surface area contributed by atoms with Gasteiger partial charge in [-0.2, -0.15) is 0 Å². The second-order valence-electron chi connectivity index (χ2n) is 25.6. The van der Waals surface area contributed by atoms with E-state index in [4.69, 9.17) is 18.9 Å². The highest BCUT2D eigenvalue weighted by atomic mass is 19.1. The van der Waals surface area contributed by atoms with Crippen molar-refractivity contribution in [3.8, 4) is 0 Å². The summed E-state index contributed by atoms with van der Waals surface area (Å²) in [6.45, 7) is 48.6. The molecule has 1 saturated carbocycles. The van der Waals surface area contributed by atoms with Crippen molar-refractivity contribution in [2.24, 2.45) is 41.4 Å². The van der Waals surface area contributed by atoms with Crippen molar-refractivity contribution < 1.29 is 32.1 Å². The molecule has 0 radical (unpaired) electrons. The van der Waals surface area contributed by atoms with Crippen LogP contribution in [0, 0.1) is 128 Å². The molecule has 7 heteroatoms. The van der Waals surface area contributed by atoms with E-state index in [0.29, 0.717) is 34.8 Å². The van der Waals surface area contributed by atoms with Crippen molar-refractivity contribution in [3.63, 3.8) is 0 Å². The maximum absolute atomic E-state index is 13.2. The molecule has 452 valence electrons. The van der Waals surface area contributed by atoms with Crippen LogP contribution < -0.4 is 0 Å². The summed E-state index contributed by atoms with van der Waals surface area (Å²) in [6.07, 6.45) is 25.0. The van der Waals surface area contributed by atoms with Crippen LogP contribution in [-0.2, 0) is 18.9 Å². The zero-order valence-electron chi connectivity index (χ0n) is 54.8. The Balaban J connectivity index is 0.000000446. The highest BCUT2D eigenvalue weighted by Gasteiger charge is 2.17. The lowest BCUT2D eigenvalue weighted by Crippen LogP contribution is -2.27. The highest BCUT2D eigenvalue weighted by molar-refractivity contribution is 5.39. The van der Waals surface area contributed by atoms with Gasteiger partial charge in [0.25, 0.3) is 0 Å². The Morgan fingerprint density at radius 1 is 0.329 bits per heavy atom. The molecule has 3 heterocycles. The van der Waals surface area contributed by atoms with Gasteiger partial charge in [-0.15, -0.1) is 0 Å². The summed E-state index contributed by atoms with van der Waals surface area (Å²) >= 11 is 0. The van der Waals surface area contributed by atoms with Crippen molar-refractivity contribution in [3.05, 3.63) is 127 Å². The fourth-order valence-electron chi connectivity index (χ4n) is 9.50. The Morgan fingerprint density at radius 3 is 0.962 bits per heavy atom. The first-order chi connectivity index (χ1) is 37.0. The van der Waals surface area contributed by atoms with Gasteiger partial charge in [0.15, 0.2) is 6.29 Å². The maximum Gasteiger partial charge on any atom is 0.154 e. The minimum atomic E-state index is -0.421. The second kappa shape index (κ2) is 40.1. The summed E-state index contributed by atoms with van der Waals surface area (Å²) in [5.41, 5.74) is 11.5. The van der Waals surface area contributed by atoms with Gasteiger partial charge in [-0.3, -0.25) is 0 Å². The standard InChI is InChI=1S/C10H12F2.C10H13F.C8H16.2C8H14.C8H10.2C7H14O.C6H12O2/c1-5-6(2)9(11)8(4)10(12)7(5)3;1-6-5-7(2)10(11)9(4)8(6)3;4*1-7-3-5-8(2)6-4-7;2*1-6-3-4-7(2)8-5-6;1-5-3-7-6(2)8-4-5/h1-4H3;5H,1-4H3;7-8H,3-6H2,1-2H3;2*3,8H,4-6H2,1-2H3;3-6H,1-2H3;2*6-7H,3-5H2,1-2H3;5-6H,3-4H2,1-2H3. The van der Waals surface area contributed by atoms with Gasteiger partial charge in [-0.1, -0.05) is 139 Å². The number of rotatable bonds is 0. The average molecular weight is 1110 g/mol. The number of hydrogen-bond acceptors (Lipinski definition) is 4. The van der Waals surface area contributed by atoms with Gasteiger partial charge in [-0.25, -0.2) is 13.2 Å². The Bertz CT molecular complexity index is 1860. The van der Waals surface area contributed by atoms with E-state index in [9.17, 15) is 13.2 Å². The molecule has 3 aliphatic heterocycles. The quantitative estimate of drug-likeness (QED) is 0.210. The van der Waals surface area contributed by atoms with E-state index in [2.05, 4.69) is 126 Å². The largest absolute Gasteiger partial charge is 0.378 e. The van der Waals surface area contributed by atoms with Crippen molar-refractivity contribution >= 4 is 0 Å². The molecule has 6 unspecified atom stereocenters. The zero-order chi connectivity index (χ0) is 59.9. The zero-order valence-corrected chi connectivity index (χ0v) is 54.8. The van der Waals surface area contributed by atoms with Crippen LogP contribution in [0.15, 0.2) is 53.6 Å². The fraction of sp³-hybridized carbons (Fsp3) is 0.694. The summed E-state index contributed by atoms with van der Waals surface area (Å²) in [6, 6.07) is 10.4. The number of halogens is 3. The van der Waals surface area contributed by atoms with E-state index in [-0.39, 0.29) is 17.7 Å². The van der Waals surface area contributed by atoms with E-state index in [1.807, 2.05) is 33.8 Å². The molecule has 79 heavy (non-hydrogen) atoms. The van der Waals surface area contributed by atoms with Gasteiger partial charge in [0.05, 0.1) is 25.4 Å². The monoisotopic (exact) mass is 1100 g/mol. The van der Waals surface area contributed by atoms with Gasteiger partial charge in [0.1, 0.15) is 17.5 Å². The summed E-state index contributed by atoms with van der Waals surface area (Å²) in [5, 5.41) is 0. The molecule has 6 atom stereocenters. The number of benzene rings is 3. The average Bonchev–Trinajstić information content (AvgIpc) is 3.43. The topological polar surface area (TPSA) is 36.9 Å². The Hall–Kier alpha value is -3.23. The Kier molecular flexibility index (Phi) is 37.4. The normalized spacial score (nSPS) is 26.1. The molecule has 9 rings (SSSR count). The first-order valence-electron chi connectivity index (χ1n) is 31.0. The number of allylic oxidation sites excluding steroid dienone is 4. The lowest BCUT2D eigenvalue weighted by atomic mass is 9.84. The van der Waals surface area contributed by atoms with E-state index < -0.39 is 11.6 Å². The smallest absolute Gasteiger partial charge is 0.154 e. The SMILES string of the molecule is CC1=CCC(C)CC1.CC1=CCC(C)CC1.CC1CCC(C)CC1.CC1CCC(C)OC1.CC1CCC(C)OC1.CC1COC(C)OC1.Cc1c(C)c(F)c(C)c(F)c1C.Cc1cc(C)c(F)c(C)c1C.Cc1ccc(C)cc1. The molecule has 3 aromatic carbocycles. The molecule has 4 nitrogen and oxygen atoms in total. The fourth-order valence-corrected chi connectivity index (χ4v) is 9.50. The molecule has 0 bridgehead atoms. The van der Waals surface area contributed by atoms with E-state index >= 15 is 0 Å². The first kappa shape index (κ1) is 73.8. The van der Waals surface area contributed by atoms with Crippen LogP contribution in [0.5, 0.6) is 0 Å². The van der Waals surface area contributed by atoms with E-state index in [0.717, 1.165) is 78.6 Å². The predicted octanol–water partition coefficient (Wildman–Crippen LogP) is 21.6. The molecular weight excluding hydrogens is 986 g/mol. The predicted molar refractivity (Wildman–Crippen MR) is 335 cm³/mol. The lowest BCUT2D eigenvalue weighted by molar-refractivity contribution is -0.187. The molecule has 0 amide bonds. The minimum absolute atomic E-state index is 0.0196. The number of aryl methyl sites for hydroxylation is 4. The van der Waals surface area contributed by atoms with E-state index in [1.165, 1.54) is 114 Å². The van der Waals surface area contributed by atoms with Gasteiger partial charge in [-0.05, 0) is 243 Å². The first-order valence-corrected chi connectivity index (χ1v) is 31.0. The van der Waals surface area contributed by atoms with Gasteiger partial charge in [0, 0.05) is 24.7 Å². The lowest BCUT2D eigenvalue weighted by Gasteiger charge is -2.24. The number of hydrogen-bond donors (Lipinski definition) is 0. The van der Waals surface area contributed by atoms with Gasteiger partial charge in [0.2, 0.25) is 0 Å². The second-order valence-corrected chi connectivity index (χ2v) is 25.6. The van der Waals surface area contributed by atoms with Crippen LogP contribution in [0.3, 0.4) is 0 Å². The molecule has 0 spiro atoms. The van der Waals surface area contributed by atoms with Crippen molar-refractivity contribution in [2.45, 2.75) is 261 Å². The van der Waals surface area contributed by atoms with E-state index in [1.54, 1.807) is 38.8 Å². The van der Waals surface area contributed by atoms with Crippen LogP contribution in [0.25, 0.3) is 0 Å². The maximum atomic E-state index is 13.2. The number of ether oxygens (including phenoxy) is 4. The molecule has 4 fully saturated rings. The van der Waals surface area contributed by atoms with Crippen LogP contribution in [0.2, 0.25) is 0 Å². The molecule has 3 saturated heterocycles. The van der Waals surface area contributed by atoms with Crippen molar-refractivity contribution in [1.82, 2.24) is 0 Å². The summed E-state index contributed by atoms with van der Waals surface area (Å²) < 4.78 is 60.7. The van der Waals surface area contributed by atoms with Crippen LogP contribution in [0.4, 0.5) is 13.2 Å². The molecular formula is C72H119F3O4. The molecule has 3 aliphatic carbocycles. The molecule has 3 aromatic rings. The molecule has 6 aliphatic rings. The van der Waals surface area contributed by atoms with Crippen LogP contribution in [0.1, 0.15) is 229 Å². The van der Waals surface area contributed by atoms with Crippen molar-refractivity contribution in [2.75, 3.05) is 26.4 Å². The summed E-state index contributed by atoms with van der Waals surface area (Å²) in [7, 11) is 0. The summed E-state index contributed by atoms with van der Waals surface area (Å²) in [4.78, 5) is 0. The minimum Gasteiger partial charge on any atom is -0.378 e. The van der Waals surface area contributed by atoms with Gasteiger partial charge < -0.3 is 18.9 Å². The van der Waals surface area contributed by atoms with Gasteiger partial charge >= 0.3 is 0 Å². The van der Waals surface area contributed by atoms with Crippen LogP contribution in [-0.4, -0.2) is 44.9 Å². The molecule has 0 aromatic heterocycles.